The molecule has 100 valence electrons. The zero-order valence-electron chi connectivity index (χ0n) is 11.2. The number of nitrogens with two attached hydrogens (primary N) is 1. The van der Waals surface area contributed by atoms with Gasteiger partial charge in [0.2, 0.25) is 0 Å². The van der Waals surface area contributed by atoms with E-state index in [0.29, 0.717) is 17.7 Å². The van der Waals surface area contributed by atoms with Crippen LogP contribution in [0.3, 0.4) is 0 Å². The molecule has 1 aromatic rings. The maximum atomic E-state index is 11.4. The van der Waals surface area contributed by atoms with Crippen LogP contribution in [0.1, 0.15) is 36.8 Å². The average molecular weight is 250 g/mol. The first kappa shape index (κ1) is 13.1. The third kappa shape index (κ3) is 2.75. The van der Waals surface area contributed by atoms with Crippen LogP contribution in [0, 0.1) is 12.8 Å². The van der Waals surface area contributed by atoms with Crippen LogP contribution in [0.5, 0.6) is 0 Å². The molecule has 1 fully saturated rings. The Morgan fingerprint density at radius 1 is 1.39 bits per heavy atom. The Bertz CT molecular complexity index is 459. The molecule has 0 amide bonds. The molecule has 0 unspecified atom stereocenters. The van der Waals surface area contributed by atoms with Crippen molar-refractivity contribution in [1.82, 2.24) is 4.98 Å². The van der Waals surface area contributed by atoms with E-state index in [1.54, 1.807) is 7.11 Å². The molecule has 0 atom stereocenters. The Morgan fingerprint density at radius 3 is 2.67 bits per heavy atom. The van der Waals surface area contributed by atoms with Gasteiger partial charge in [-0.1, -0.05) is 0 Å². The summed E-state index contributed by atoms with van der Waals surface area (Å²) in [5.74, 6) is 0.681. The fraction of sp³-hybridized carbons (Fsp3) is 0.643. The van der Waals surface area contributed by atoms with E-state index in [0.717, 1.165) is 24.8 Å². The van der Waals surface area contributed by atoms with E-state index in [1.165, 1.54) is 18.4 Å². The standard InChI is InChI=1S/C14H22N2O2/c1-9-11(8-16-14(17)13(9)15)7-10-3-5-12(18-2)6-4-10/h8,10,12H,3-7,15H2,1-2H3,(H,16,17)/t10-,12+. The van der Waals surface area contributed by atoms with Crippen LogP contribution >= 0.6 is 0 Å². The number of nitrogen functional groups attached to an aromatic ring is 1. The van der Waals surface area contributed by atoms with Crippen molar-refractivity contribution in [3.8, 4) is 0 Å². The van der Waals surface area contributed by atoms with E-state index >= 15 is 0 Å². The number of pyridine rings is 1. The third-order valence-corrected chi connectivity index (χ3v) is 4.14. The van der Waals surface area contributed by atoms with Gasteiger partial charge in [-0.05, 0) is 56.1 Å². The summed E-state index contributed by atoms with van der Waals surface area (Å²) < 4.78 is 5.38. The highest BCUT2D eigenvalue weighted by Crippen LogP contribution is 2.29. The van der Waals surface area contributed by atoms with E-state index in [1.807, 2.05) is 13.1 Å². The molecule has 2 rings (SSSR count). The molecule has 0 spiro atoms. The summed E-state index contributed by atoms with van der Waals surface area (Å²) in [6.45, 7) is 1.93. The van der Waals surface area contributed by atoms with Crippen LogP contribution in [-0.4, -0.2) is 18.2 Å². The van der Waals surface area contributed by atoms with E-state index < -0.39 is 0 Å². The average Bonchev–Trinajstić information content (AvgIpc) is 2.40. The molecule has 0 saturated heterocycles. The van der Waals surface area contributed by atoms with Crippen LogP contribution < -0.4 is 11.3 Å². The fourth-order valence-electron chi connectivity index (χ4n) is 2.78. The van der Waals surface area contributed by atoms with Gasteiger partial charge in [0, 0.05) is 13.3 Å². The molecule has 0 bridgehead atoms. The van der Waals surface area contributed by atoms with Crippen molar-refractivity contribution in [2.75, 3.05) is 12.8 Å². The molecule has 4 nitrogen and oxygen atoms in total. The second kappa shape index (κ2) is 5.57. The van der Waals surface area contributed by atoms with E-state index in [9.17, 15) is 4.79 Å². The first-order chi connectivity index (χ1) is 8.61. The molecule has 18 heavy (non-hydrogen) atoms. The largest absolute Gasteiger partial charge is 0.394 e. The van der Waals surface area contributed by atoms with Crippen molar-refractivity contribution in [3.63, 3.8) is 0 Å². The van der Waals surface area contributed by atoms with Crippen LogP contribution in [0.4, 0.5) is 5.69 Å². The van der Waals surface area contributed by atoms with Gasteiger partial charge in [0.05, 0.1) is 6.10 Å². The zero-order valence-corrected chi connectivity index (χ0v) is 11.2. The lowest BCUT2D eigenvalue weighted by molar-refractivity contribution is 0.0568. The van der Waals surface area contributed by atoms with Gasteiger partial charge < -0.3 is 15.5 Å². The minimum absolute atomic E-state index is 0.181. The molecule has 0 aliphatic heterocycles. The number of H-pyrrole nitrogens is 1. The Kier molecular flexibility index (Phi) is 4.07. The van der Waals surface area contributed by atoms with Crippen molar-refractivity contribution >= 4 is 5.69 Å². The van der Waals surface area contributed by atoms with Crippen molar-refractivity contribution in [2.24, 2.45) is 5.92 Å². The highest BCUT2D eigenvalue weighted by Gasteiger charge is 2.21. The molecule has 0 radical (unpaired) electrons. The Labute approximate surface area is 108 Å². The topological polar surface area (TPSA) is 68.1 Å². The molecule has 1 saturated carbocycles. The Morgan fingerprint density at radius 2 is 2.06 bits per heavy atom. The number of hydrogen-bond donors (Lipinski definition) is 2. The molecule has 0 aromatic carbocycles. The monoisotopic (exact) mass is 250 g/mol. The van der Waals surface area contributed by atoms with Crippen LogP contribution in [0.25, 0.3) is 0 Å². The lowest BCUT2D eigenvalue weighted by atomic mass is 9.83. The number of methoxy groups -OCH3 is 1. The minimum Gasteiger partial charge on any atom is -0.394 e. The minimum atomic E-state index is -0.181. The number of hydrogen-bond acceptors (Lipinski definition) is 3. The summed E-state index contributed by atoms with van der Waals surface area (Å²) in [6, 6.07) is 0. The summed E-state index contributed by atoms with van der Waals surface area (Å²) in [5.41, 5.74) is 8.06. The predicted molar refractivity (Wildman–Crippen MR) is 72.7 cm³/mol. The molecular weight excluding hydrogens is 228 g/mol. The second-order valence-corrected chi connectivity index (χ2v) is 5.26. The lowest BCUT2D eigenvalue weighted by Gasteiger charge is -2.28. The molecular formula is C14H22N2O2. The van der Waals surface area contributed by atoms with Crippen LogP contribution in [-0.2, 0) is 11.2 Å². The van der Waals surface area contributed by atoms with Crippen molar-refractivity contribution in [1.29, 1.82) is 0 Å². The number of ether oxygens (including phenoxy) is 1. The number of anilines is 1. The van der Waals surface area contributed by atoms with Gasteiger partial charge >= 0.3 is 0 Å². The predicted octanol–water partition coefficient (Wildman–Crippen LogP) is 2.01. The number of aromatic amines is 1. The SMILES string of the molecule is CO[C@H]1CC[C@@H](Cc2c[nH]c(=O)c(N)c2C)CC1. The van der Waals surface area contributed by atoms with Gasteiger partial charge in [0.1, 0.15) is 5.69 Å². The maximum absolute atomic E-state index is 11.4. The molecule has 1 aromatic heterocycles. The summed E-state index contributed by atoms with van der Waals surface area (Å²) in [6.07, 6.45) is 7.91. The maximum Gasteiger partial charge on any atom is 0.271 e. The number of rotatable bonds is 3. The Balaban J connectivity index is 2.03. The van der Waals surface area contributed by atoms with E-state index in [4.69, 9.17) is 10.5 Å². The van der Waals surface area contributed by atoms with Crippen molar-refractivity contribution in [3.05, 3.63) is 27.7 Å². The smallest absolute Gasteiger partial charge is 0.271 e. The first-order valence-electron chi connectivity index (χ1n) is 6.61. The van der Waals surface area contributed by atoms with Gasteiger partial charge in [-0.25, -0.2) is 0 Å². The second-order valence-electron chi connectivity index (χ2n) is 5.26. The van der Waals surface area contributed by atoms with Crippen LogP contribution in [0.15, 0.2) is 11.0 Å². The Hall–Kier alpha value is -1.29. The van der Waals surface area contributed by atoms with E-state index in [-0.39, 0.29) is 5.56 Å². The molecule has 1 aliphatic rings. The van der Waals surface area contributed by atoms with Gasteiger partial charge in [-0.3, -0.25) is 4.79 Å². The zero-order chi connectivity index (χ0) is 13.1. The van der Waals surface area contributed by atoms with Crippen molar-refractivity contribution in [2.45, 2.75) is 45.1 Å². The highest BCUT2D eigenvalue weighted by atomic mass is 16.5. The summed E-state index contributed by atoms with van der Waals surface area (Å²) in [4.78, 5) is 14.1. The van der Waals surface area contributed by atoms with Gasteiger partial charge in [0.15, 0.2) is 0 Å². The van der Waals surface area contributed by atoms with Gasteiger partial charge in [-0.2, -0.15) is 0 Å². The van der Waals surface area contributed by atoms with Crippen molar-refractivity contribution < 1.29 is 4.74 Å². The normalized spacial score (nSPS) is 24.1. The number of aromatic nitrogens is 1. The van der Waals surface area contributed by atoms with Gasteiger partial charge in [-0.15, -0.1) is 0 Å². The summed E-state index contributed by atoms with van der Waals surface area (Å²) in [5, 5.41) is 0. The molecule has 3 N–H and O–H groups in total. The number of nitrogens with one attached hydrogen (secondary N) is 1. The first-order valence-corrected chi connectivity index (χ1v) is 6.61. The summed E-state index contributed by atoms with van der Waals surface area (Å²) >= 11 is 0. The fourth-order valence-corrected chi connectivity index (χ4v) is 2.78. The quantitative estimate of drug-likeness (QED) is 0.862. The molecule has 4 heteroatoms. The molecule has 1 heterocycles. The third-order valence-electron chi connectivity index (χ3n) is 4.14. The van der Waals surface area contributed by atoms with Crippen LogP contribution in [0.2, 0.25) is 0 Å². The molecule has 1 aliphatic carbocycles. The lowest BCUT2D eigenvalue weighted by Crippen LogP contribution is -2.22. The van der Waals surface area contributed by atoms with E-state index in [2.05, 4.69) is 4.98 Å². The summed E-state index contributed by atoms with van der Waals surface area (Å²) in [7, 11) is 1.79. The highest BCUT2D eigenvalue weighted by molar-refractivity contribution is 5.47. The van der Waals surface area contributed by atoms with Gasteiger partial charge in [0.25, 0.3) is 5.56 Å².